The van der Waals surface area contributed by atoms with Crippen LogP contribution < -0.4 is 10.2 Å². The first-order valence-corrected chi connectivity index (χ1v) is 8.73. The highest BCUT2D eigenvalue weighted by molar-refractivity contribution is 5.48. The number of aromatic nitrogens is 2. The Morgan fingerprint density at radius 3 is 2.75 bits per heavy atom. The predicted molar refractivity (Wildman–Crippen MR) is 97.5 cm³/mol. The number of hydrogen-bond acceptors (Lipinski definition) is 5. The van der Waals surface area contributed by atoms with E-state index in [0.29, 0.717) is 24.8 Å². The lowest BCUT2D eigenvalue weighted by atomic mass is 10.00. The van der Waals surface area contributed by atoms with Gasteiger partial charge < -0.3 is 15.3 Å². The van der Waals surface area contributed by atoms with Crippen LogP contribution in [-0.4, -0.2) is 34.8 Å². The number of aliphatic hydroxyl groups excluding tert-OH is 1. The molecule has 1 aromatic heterocycles. The third kappa shape index (κ3) is 3.85. The molecule has 0 spiro atoms. The Kier molecular flexibility index (Phi) is 5.30. The monoisotopic (exact) mass is 326 g/mol. The van der Waals surface area contributed by atoms with E-state index in [1.165, 1.54) is 11.1 Å². The van der Waals surface area contributed by atoms with Crippen LogP contribution in [0.1, 0.15) is 43.0 Å². The molecule has 2 heterocycles. The van der Waals surface area contributed by atoms with Crippen molar-refractivity contribution in [1.29, 1.82) is 0 Å². The lowest BCUT2D eigenvalue weighted by Crippen LogP contribution is -2.31. The number of fused-ring (bicyclic) bond motifs is 1. The third-order valence-electron chi connectivity index (χ3n) is 4.40. The zero-order chi connectivity index (χ0) is 16.9. The molecule has 2 N–H and O–H groups in total. The van der Waals surface area contributed by atoms with Gasteiger partial charge in [0.05, 0.1) is 5.69 Å². The van der Waals surface area contributed by atoms with Crippen LogP contribution in [0.15, 0.2) is 30.3 Å². The van der Waals surface area contributed by atoms with E-state index in [4.69, 9.17) is 10.1 Å². The van der Waals surface area contributed by atoms with Crippen molar-refractivity contribution in [2.24, 2.45) is 0 Å². The van der Waals surface area contributed by atoms with Crippen LogP contribution in [0.2, 0.25) is 0 Å². The number of benzene rings is 1. The largest absolute Gasteiger partial charge is 0.396 e. The van der Waals surface area contributed by atoms with Gasteiger partial charge in [-0.25, -0.2) is 4.98 Å². The van der Waals surface area contributed by atoms with Gasteiger partial charge in [0.2, 0.25) is 5.95 Å². The highest BCUT2D eigenvalue weighted by Gasteiger charge is 2.19. The van der Waals surface area contributed by atoms with E-state index < -0.39 is 0 Å². The van der Waals surface area contributed by atoms with Crippen molar-refractivity contribution in [1.82, 2.24) is 9.97 Å². The standard InChI is InChI=1S/C19H26N4O/c1-14(2)17-12-18(22-19(21-17)20-9-5-11-24)23-10-8-15-6-3-4-7-16(15)13-23/h3-4,6-7,12,14,24H,5,8-11,13H2,1-2H3,(H,20,21,22). The maximum absolute atomic E-state index is 8.95. The maximum atomic E-state index is 8.95. The first-order chi connectivity index (χ1) is 11.7. The number of rotatable bonds is 6. The molecule has 1 aromatic carbocycles. The zero-order valence-electron chi connectivity index (χ0n) is 14.5. The fourth-order valence-electron chi connectivity index (χ4n) is 2.96. The normalized spacial score (nSPS) is 13.9. The van der Waals surface area contributed by atoms with Crippen LogP contribution in [-0.2, 0) is 13.0 Å². The summed E-state index contributed by atoms with van der Waals surface area (Å²) in [6.07, 6.45) is 1.74. The Hall–Kier alpha value is -2.14. The summed E-state index contributed by atoms with van der Waals surface area (Å²) in [5.74, 6) is 1.99. The second-order valence-corrected chi connectivity index (χ2v) is 6.57. The Bertz CT molecular complexity index is 687. The van der Waals surface area contributed by atoms with E-state index >= 15 is 0 Å². The number of hydrogen-bond donors (Lipinski definition) is 2. The van der Waals surface area contributed by atoms with Crippen LogP contribution in [0, 0.1) is 0 Å². The summed E-state index contributed by atoms with van der Waals surface area (Å²) in [6, 6.07) is 10.7. The molecule has 24 heavy (non-hydrogen) atoms. The van der Waals surface area contributed by atoms with Crippen molar-refractivity contribution >= 4 is 11.8 Å². The predicted octanol–water partition coefficient (Wildman–Crippen LogP) is 2.96. The molecule has 0 bridgehead atoms. The van der Waals surface area contributed by atoms with E-state index in [-0.39, 0.29) is 6.61 Å². The van der Waals surface area contributed by atoms with Crippen LogP contribution >= 0.6 is 0 Å². The molecule has 1 aliphatic rings. The minimum absolute atomic E-state index is 0.173. The van der Waals surface area contributed by atoms with E-state index in [2.05, 4.69) is 59.4 Å². The van der Waals surface area contributed by atoms with E-state index in [1.54, 1.807) is 0 Å². The molecule has 0 saturated heterocycles. The molecule has 128 valence electrons. The number of nitrogens with zero attached hydrogens (tertiary/aromatic N) is 3. The zero-order valence-corrected chi connectivity index (χ0v) is 14.5. The first kappa shape index (κ1) is 16.7. The fraction of sp³-hybridized carbons (Fsp3) is 0.474. The summed E-state index contributed by atoms with van der Waals surface area (Å²) >= 11 is 0. The highest BCUT2D eigenvalue weighted by atomic mass is 16.3. The van der Waals surface area contributed by atoms with Gasteiger partial charge in [0.15, 0.2) is 0 Å². The molecule has 3 rings (SSSR count). The summed E-state index contributed by atoms with van der Waals surface area (Å²) in [4.78, 5) is 11.6. The topological polar surface area (TPSA) is 61.3 Å². The van der Waals surface area contributed by atoms with Crippen LogP contribution in [0.25, 0.3) is 0 Å². The van der Waals surface area contributed by atoms with Crippen molar-refractivity contribution in [3.05, 3.63) is 47.2 Å². The minimum Gasteiger partial charge on any atom is -0.396 e. The van der Waals surface area contributed by atoms with Crippen molar-refractivity contribution in [3.8, 4) is 0 Å². The lowest BCUT2D eigenvalue weighted by Gasteiger charge is -2.30. The van der Waals surface area contributed by atoms with Gasteiger partial charge in [0.1, 0.15) is 5.82 Å². The van der Waals surface area contributed by atoms with Crippen molar-refractivity contribution in [3.63, 3.8) is 0 Å². The molecule has 5 heteroatoms. The van der Waals surface area contributed by atoms with Crippen molar-refractivity contribution in [2.75, 3.05) is 29.9 Å². The third-order valence-corrected chi connectivity index (χ3v) is 4.40. The van der Waals surface area contributed by atoms with Gasteiger partial charge in [-0.1, -0.05) is 38.1 Å². The Morgan fingerprint density at radius 1 is 1.21 bits per heavy atom. The van der Waals surface area contributed by atoms with Gasteiger partial charge in [-0.3, -0.25) is 0 Å². The SMILES string of the molecule is CC(C)c1cc(N2CCc3ccccc3C2)nc(NCCCO)n1. The molecule has 0 unspecified atom stereocenters. The summed E-state index contributed by atoms with van der Waals surface area (Å²) in [7, 11) is 0. The van der Waals surface area contributed by atoms with E-state index in [9.17, 15) is 0 Å². The molecular weight excluding hydrogens is 300 g/mol. The van der Waals surface area contributed by atoms with Gasteiger partial charge in [0.25, 0.3) is 0 Å². The Labute approximate surface area is 143 Å². The van der Waals surface area contributed by atoms with Crippen LogP contribution in [0.4, 0.5) is 11.8 Å². The van der Waals surface area contributed by atoms with Gasteiger partial charge in [0, 0.05) is 32.3 Å². The smallest absolute Gasteiger partial charge is 0.224 e. The number of nitrogens with one attached hydrogen (secondary N) is 1. The highest BCUT2D eigenvalue weighted by Crippen LogP contribution is 2.26. The molecule has 0 fully saturated rings. The minimum atomic E-state index is 0.173. The molecule has 0 aliphatic carbocycles. The molecule has 0 amide bonds. The average molecular weight is 326 g/mol. The molecule has 5 nitrogen and oxygen atoms in total. The lowest BCUT2D eigenvalue weighted by molar-refractivity contribution is 0.292. The van der Waals surface area contributed by atoms with Gasteiger partial charge >= 0.3 is 0 Å². The second-order valence-electron chi connectivity index (χ2n) is 6.57. The molecule has 0 saturated carbocycles. The Balaban J connectivity index is 1.84. The second kappa shape index (κ2) is 7.62. The van der Waals surface area contributed by atoms with E-state index in [1.807, 2.05) is 0 Å². The summed E-state index contributed by atoms with van der Waals surface area (Å²) in [5.41, 5.74) is 3.86. The van der Waals surface area contributed by atoms with E-state index in [0.717, 1.165) is 31.0 Å². The fourth-order valence-corrected chi connectivity index (χ4v) is 2.96. The summed E-state index contributed by atoms with van der Waals surface area (Å²) in [6.45, 7) is 7.01. The number of aliphatic hydroxyl groups is 1. The molecule has 1 aliphatic heterocycles. The van der Waals surface area contributed by atoms with Gasteiger partial charge in [-0.05, 0) is 29.9 Å². The summed E-state index contributed by atoms with van der Waals surface area (Å²) in [5, 5.41) is 12.2. The average Bonchev–Trinajstić information content (AvgIpc) is 2.61. The molecule has 0 atom stereocenters. The number of anilines is 2. The van der Waals surface area contributed by atoms with Crippen LogP contribution in [0.3, 0.4) is 0 Å². The van der Waals surface area contributed by atoms with Crippen molar-refractivity contribution < 1.29 is 5.11 Å². The maximum Gasteiger partial charge on any atom is 0.224 e. The van der Waals surface area contributed by atoms with Crippen molar-refractivity contribution in [2.45, 2.75) is 39.2 Å². The first-order valence-electron chi connectivity index (χ1n) is 8.73. The molecule has 2 aromatic rings. The summed E-state index contributed by atoms with van der Waals surface area (Å²) < 4.78 is 0. The quantitative estimate of drug-likeness (QED) is 0.799. The molecule has 0 radical (unpaired) electrons. The van der Waals surface area contributed by atoms with Crippen LogP contribution in [0.5, 0.6) is 0 Å². The Morgan fingerprint density at radius 2 is 2.00 bits per heavy atom. The van der Waals surface area contributed by atoms with Gasteiger partial charge in [-0.15, -0.1) is 0 Å². The molecular formula is C19H26N4O. The van der Waals surface area contributed by atoms with Gasteiger partial charge in [-0.2, -0.15) is 4.98 Å².